The first-order valence-corrected chi connectivity index (χ1v) is 13.8. The Morgan fingerprint density at radius 1 is 0.784 bits per heavy atom. The maximum Gasteiger partial charge on any atom is 0.168 e. The molecule has 0 spiro atoms. The molecule has 2 aliphatic rings. The SMILES string of the molecule is O/N=C(\c1c(Cl)cnc2[nH]ccc12)C1CCCCC1.O=C(c1c(Cl)cnc2[nH]ccc12)C1CCCCC1. The number of H-pyrrole nitrogens is 2. The fourth-order valence-electron chi connectivity index (χ4n) is 5.76. The maximum atomic E-state index is 12.6. The largest absolute Gasteiger partial charge is 0.411 e. The Morgan fingerprint density at radius 2 is 1.27 bits per heavy atom. The number of pyridine rings is 2. The lowest BCUT2D eigenvalue weighted by Gasteiger charge is -2.23. The number of aromatic nitrogens is 4. The number of fused-ring (bicyclic) bond motifs is 2. The molecule has 194 valence electrons. The van der Waals surface area contributed by atoms with Crippen molar-refractivity contribution in [2.45, 2.75) is 64.2 Å². The molecule has 0 bridgehead atoms. The van der Waals surface area contributed by atoms with Crippen LogP contribution in [0.2, 0.25) is 10.0 Å². The van der Waals surface area contributed by atoms with Gasteiger partial charge in [-0.15, -0.1) is 0 Å². The van der Waals surface area contributed by atoms with E-state index >= 15 is 0 Å². The number of halogens is 2. The Kier molecular flexibility index (Phi) is 8.11. The second-order valence-electron chi connectivity index (χ2n) is 9.96. The van der Waals surface area contributed by atoms with Gasteiger partial charge in [0.2, 0.25) is 0 Å². The van der Waals surface area contributed by atoms with Gasteiger partial charge in [0, 0.05) is 58.5 Å². The molecule has 9 heteroatoms. The number of Topliss-reactive ketones (excluding diaryl/α,β-unsaturated/α-hetero) is 1. The smallest absolute Gasteiger partial charge is 0.168 e. The summed E-state index contributed by atoms with van der Waals surface area (Å²) in [4.78, 5) is 27.1. The van der Waals surface area contributed by atoms with Crippen LogP contribution in [0.3, 0.4) is 0 Å². The van der Waals surface area contributed by atoms with Crippen molar-refractivity contribution in [2.24, 2.45) is 17.0 Å². The number of carbonyl (C=O) groups is 1. The summed E-state index contributed by atoms with van der Waals surface area (Å²) in [6.45, 7) is 0. The van der Waals surface area contributed by atoms with Crippen molar-refractivity contribution in [2.75, 3.05) is 0 Å². The van der Waals surface area contributed by atoms with E-state index < -0.39 is 0 Å². The van der Waals surface area contributed by atoms with Gasteiger partial charge in [-0.1, -0.05) is 66.9 Å². The lowest BCUT2D eigenvalue weighted by atomic mass is 9.83. The molecule has 0 saturated heterocycles. The molecule has 2 fully saturated rings. The van der Waals surface area contributed by atoms with Gasteiger partial charge in [0.05, 0.1) is 15.8 Å². The first-order valence-electron chi connectivity index (χ1n) is 13.1. The van der Waals surface area contributed by atoms with Crippen molar-refractivity contribution in [3.8, 4) is 0 Å². The lowest BCUT2D eigenvalue weighted by Crippen LogP contribution is -2.19. The molecule has 3 N–H and O–H groups in total. The zero-order valence-electron chi connectivity index (χ0n) is 20.6. The highest BCUT2D eigenvalue weighted by molar-refractivity contribution is 6.36. The van der Waals surface area contributed by atoms with Crippen molar-refractivity contribution in [3.05, 3.63) is 58.1 Å². The molecule has 0 atom stereocenters. The monoisotopic (exact) mass is 539 g/mol. The van der Waals surface area contributed by atoms with E-state index in [-0.39, 0.29) is 17.6 Å². The van der Waals surface area contributed by atoms with Gasteiger partial charge in [0.15, 0.2) is 5.78 Å². The van der Waals surface area contributed by atoms with E-state index in [1.807, 2.05) is 18.3 Å². The van der Waals surface area contributed by atoms with Crippen LogP contribution < -0.4 is 0 Å². The number of carbonyl (C=O) groups excluding carboxylic acids is 1. The predicted molar refractivity (Wildman–Crippen MR) is 148 cm³/mol. The van der Waals surface area contributed by atoms with Gasteiger partial charge in [0.25, 0.3) is 0 Å². The zero-order valence-corrected chi connectivity index (χ0v) is 22.2. The standard InChI is InChI=1S/C14H16ClN3O.C14H15ClN2O/c15-11-8-17-14-10(6-7-16-14)12(11)13(18-19)9-4-2-1-3-5-9;15-11-8-17-14-10(6-7-16-14)12(11)13(18)9-4-2-1-3-5-9/h6-9,19H,1-5H2,(H,16,17);6-9H,1-5H2,(H,16,17)/b18-13-;. The van der Waals surface area contributed by atoms with Crippen LogP contribution in [0.15, 0.2) is 42.1 Å². The number of aromatic amines is 2. The third kappa shape index (κ3) is 5.39. The van der Waals surface area contributed by atoms with E-state index in [2.05, 4.69) is 25.1 Å². The molecule has 2 aliphatic carbocycles. The molecule has 7 nitrogen and oxygen atoms in total. The van der Waals surface area contributed by atoms with E-state index in [4.69, 9.17) is 23.2 Å². The summed E-state index contributed by atoms with van der Waals surface area (Å²) >= 11 is 12.5. The van der Waals surface area contributed by atoms with Crippen molar-refractivity contribution >= 4 is 56.8 Å². The minimum atomic E-state index is 0.136. The number of nitrogens with one attached hydrogen (secondary N) is 2. The van der Waals surface area contributed by atoms with Crippen molar-refractivity contribution in [3.63, 3.8) is 0 Å². The summed E-state index contributed by atoms with van der Waals surface area (Å²) in [5, 5.41) is 15.8. The Morgan fingerprint density at radius 3 is 1.81 bits per heavy atom. The van der Waals surface area contributed by atoms with Crippen LogP contribution in [0, 0.1) is 11.8 Å². The average molecular weight is 540 g/mol. The molecule has 4 heterocycles. The zero-order chi connectivity index (χ0) is 25.8. The number of hydrogen-bond donors (Lipinski definition) is 3. The summed E-state index contributed by atoms with van der Waals surface area (Å²) < 4.78 is 0. The molecular weight excluding hydrogens is 509 g/mol. The molecule has 0 aromatic carbocycles. The Labute approximate surface area is 225 Å². The van der Waals surface area contributed by atoms with E-state index in [1.165, 1.54) is 25.7 Å². The van der Waals surface area contributed by atoms with Gasteiger partial charge in [-0.2, -0.15) is 0 Å². The summed E-state index contributed by atoms with van der Waals surface area (Å²) in [6.07, 6.45) is 18.1. The molecule has 0 aliphatic heterocycles. The number of ketones is 1. The van der Waals surface area contributed by atoms with E-state index in [0.717, 1.165) is 66.2 Å². The summed E-state index contributed by atoms with van der Waals surface area (Å²) in [6, 6.07) is 3.81. The van der Waals surface area contributed by atoms with Gasteiger partial charge in [0.1, 0.15) is 11.3 Å². The molecule has 0 amide bonds. The number of oxime groups is 1. The van der Waals surface area contributed by atoms with Gasteiger partial charge >= 0.3 is 0 Å². The van der Waals surface area contributed by atoms with Gasteiger partial charge in [-0.25, -0.2) is 9.97 Å². The molecule has 4 aromatic heterocycles. The predicted octanol–water partition coefficient (Wildman–Crippen LogP) is 7.95. The second-order valence-corrected chi connectivity index (χ2v) is 10.8. The molecule has 0 radical (unpaired) electrons. The summed E-state index contributed by atoms with van der Waals surface area (Å²) in [5.41, 5.74) is 3.68. The topological polar surface area (TPSA) is 107 Å². The normalized spacial score (nSPS) is 17.6. The fraction of sp³-hybridized carbons (Fsp3) is 0.429. The molecule has 0 unspecified atom stereocenters. The van der Waals surface area contributed by atoms with Gasteiger partial charge in [-0.05, 0) is 37.8 Å². The summed E-state index contributed by atoms with van der Waals surface area (Å²) in [5.74, 6) is 0.611. The first-order chi connectivity index (χ1) is 18.1. The first kappa shape index (κ1) is 25.7. The third-order valence-corrected chi connectivity index (χ3v) is 8.23. The van der Waals surface area contributed by atoms with Crippen molar-refractivity contribution in [1.82, 2.24) is 19.9 Å². The lowest BCUT2D eigenvalue weighted by molar-refractivity contribution is 0.0891. The highest BCUT2D eigenvalue weighted by Gasteiger charge is 2.27. The quantitative estimate of drug-likeness (QED) is 0.106. The van der Waals surface area contributed by atoms with Crippen LogP contribution in [-0.2, 0) is 0 Å². The van der Waals surface area contributed by atoms with Crippen LogP contribution in [-0.4, -0.2) is 36.6 Å². The summed E-state index contributed by atoms with van der Waals surface area (Å²) in [7, 11) is 0. The minimum absolute atomic E-state index is 0.136. The van der Waals surface area contributed by atoms with E-state index in [9.17, 15) is 10.0 Å². The average Bonchev–Trinajstić information content (AvgIpc) is 3.61. The van der Waals surface area contributed by atoms with Crippen LogP contribution in [0.25, 0.3) is 22.1 Å². The van der Waals surface area contributed by atoms with Crippen LogP contribution in [0.5, 0.6) is 0 Å². The van der Waals surface area contributed by atoms with Crippen LogP contribution >= 0.6 is 23.2 Å². The maximum absolute atomic E-state index is 12.6. The van der Waals surface area contributed by atoms with Crippen molar-refractivity contribution < 1.29 is 10.0 Å². The number of nitrogens with zero attached hydrogens (tertiary/aromatic N) is 3. The van der Waals surface area contributed by atoms with E-state index in [0.29, 0.717) is 21.3 Å². The molecule has 4 aromatic rings. The number of hydrogen-bond acceptors (Lipinski definition) is 5. The van der Waals surface area contributed by atoms with Gasteiger partial charge in [-0.3, -0.25) is 4.79 Å². The highest BCUT2D eigenvalue weighted by atomic mass is 35.5. The van der Waals surface area contributed by atoms with Crippen LogP contribution in [0.1, 0.15) is 80.1 Å². The highest BCUT2D eigenvalue weighted by Crippen LogP contribution is 2.34. The Balaban J connectivity index is 0.000000152. The Bertz CT molecular complexity index is 1410. The molecule has 37 heavy (non-hydrogen) atoms. The molecule has 6 rings (SSSR count). The second kappa shape index (κ2) is 11.7. The van der Waals surface area contributed by atoms with Gasteiger partial charge < -0.3 is 15.2 Å². The molecular formula is C28H31Cl2N5O2. The molecule has 2 saturated carbocycles. The minimum Gasteiger partial charge on any atom is -0.411 e. The van der Waals surface area contributed by atoms with Crippen molar-refractivity contribution in [1.29, 1.82) is 0 Å². The third-order valence-electron chi connectivity index (χ3n) is 7.66. The van der Waals surface area contributed by atoms with Crippen LogP contribution in [0.4, 0.5) is 0 Å². The number of rotatable bonds is 4. The fourth-order valence-corrected chi connectivity index (χ4v) is 6.25. The Hall–Kier alpha value is -2.90. The van der Waals surface area contributed by atoms with E-state index in [1.54, 1.807) is 18.6 Å².